The summed E-state index contributed by atoms with van der Waals surface area (Å²) in [4.78, 5) is 28.6. The van der Waals surface area contributed by atoms with Crippen LogP contribution in [0.3, 0.4) is 0 Å². The highest BCUT2D eigenvalue weighted by molar-refractivity contribution is 5.95. The third kappa shape index (κ3) is 6.92. The second kappa shape index (κ2) is 10.7. The number of hydrogen-bond donors (Lipinski definition) is 1. The van der Waals surface area contributed by atoms with Crippen LogP contribution in [0.1, 0.15) is 52.0 Å². The number of benzene rings is 1. The van der Waals surface area contributed by atoms with Crippen molar-refractivity contribution in [3.8, 4) is 0 Å². The molecular formula is C22H32F3N3O2. The van der Waals surface area contributed by atoms with Gasteiger partial charge >= 0.3 is 12.2 Å². The van der Waals surface area contributed by atoms with Gasteiger partial charge in [0.05, 0.1) is 5.56 Å². The summed E-state index contributed by atoms with van der Waals surface area (Å²) in [5.74, 6) is 0.133. The Morgan fingerprint density at radius 3 is 2.10 bits per heavy atom. The lowest BCUT2D eigenvalue weighted by molar-refractivity contribution is -0.137. The van der Waals surface area contributed by atoms with Crippen molar-refractivity contribution in [3.05, 3.63) is 29.8 Å². The van der Waals surface area contributed by atoms with E-state index in [0.29, 0.717) is 37.8 Å². The van der Waals surface area contributed by atoms with Crippen LogP contribution in [0.15, 0.2) is 24.3 Å². The molecule has 0 aromatic heterocycles. The predicted octanol–water partition coefficient (Wildman–Crippen LogP) is 4.92. The van der Waals surface area contributed by atoms with Gasteiger partial charge in [0, 0.05) is 37.8 Å². The van der Waals surface area contributed by atoms with E-state index in [2.05, 4.69) is 19.2 Å². The van der Waals surface area contributed by atoms with Gasteiger partial charge in [-0.2, -0.15) is 13.2 Å². The largest absolute Gasteiger partial charge is 0.416 e. The van der Waals surface area contributed by atoms with Crippen molar-refractivity contribution in [1.29, 1.82) is 0 Å². The summed E-state index contributed by atoms with van der Waals surface area (Å²) in [7, 11) is 0. The van der Waals surface area contributed by atoms with E-state index in [-0.39, 0.29) is 11.8 Å². The molecular weight excluding hydrogens is 395 g/mol. The van der Waals surface area contributed by atoms with Crippen LogP contribution in [-0.2, 0) is 11.0 Å². The molecule has 5 nitrogen and oxygen atoms in total. The highest BCUT2D eigenvalue weighted by Crippen LogP contribution is 2.30. The van der Waals surface area contributed by atoms with Crippen molar-refractivity contribution in [2.45, 2.75) is 52.6 Å². The van der Waals surface area contributed by atoms with Crippen LogP contribution in [0.2, 0.25) is 0 Å². The molecule has 0 saturated carbocycles. The summed E-state index contributed by atoms with van der Waals surface area (Å²) >= 11 is 0. The molecule has 0 unspecified atom stereocenters. The van der Waals surface area contributed by atoms with Gasteiger partial charge in [-0.1, -0.05) is 33.6 Å². The lowest BCUT2D eigenvalue weighted by Crippen LogP contribution is -2.53. The SMILES string of the molecule is CCC[C@@H](CCC(C)C)C(=O)NC(=O)N1CCN(c2ccc(C(F)(F)F)cc2)CC1. The molecule has 1 aromatic carbocycles. The standard InChI is InChI=1S/C22H32F3N3O2/c1-4-5-17(7-6-16(2)3)20(29)26-21(30)28-14-12-27(13-15-28)19-10-8-18(9-11-19)22(23,24)25/h8-11,16-17H,4-7,12-15H2,1-3H3,(H,26,29,30)/t17-/m0/s1. The molecule has 30 heavy (non-hydrogen) atoms. The zero-order valence-electron chi connectivity index (χ0n) is 18.0. The summed E-state index contributed by atoms with van der Waals surface area (Å²) in [6, 6.07) is 4.65. The number of alkyl halides is 3. The summed E-state index contributed by atoms with van der Waals surface area (Å²) in [6.45, 7) is 8.06. The van der Waals surface area contributed by atoms with Crippen molar-refractivity contribution in [1.82, 2.24) is 10.2 Å². The van der Waals surface area contributed by atoms with Crippen LogP contribution in [0.5, 0.6) is 0 Å². The normalized spacial score (nSPS) is 16.0. The Hall–Kier alpha value is -2.25. The summed E-state index contributed by atoms with van der Waals surface area (Å²) in [6.07, 6.45) is -0.999. The number of piperazine rings is 1. The van der Waals surface area contributed by atoms with Gasteiger partial charge in [-0.3, -0.25) is 10.1 Å². The van der Waals surface area contributed by atoms with E-state index >= 15 is 0 Å². The maximum absolute atomic E-state index is 12.7. The van der Waals surface area contributed by atoms with Gasteiger partial charge in [0.2, 0.25) is 5.91 Å². The summed E-state index contributed by atoms with van der Waals surface area (Å²) in [5.41, 5.74) is 0.0118. The van der Waals surface area contributed by atoms with E-state index in [0.717, 1.165) is 37.8 Å². The average Bonchev–Trinajstić information content (AvgIpc) is 2.70. The van der Waals surface area contributed by atoms with Gasteiger partial charge < -0.3 is 9.80 Å². The maximum atomic E-state index is 12.7. The van der Waals surface area contributed by atoms with Gasteiger partial charge in [-0.05, 0) is 43.0 Å². The zero-order valence-corrected chi connectivity index (χ0v) is 18.0. The molecule has 1 heterocycles. The number of rotatable bonds is 7. The Morgan fingerprint density at radius 1 is 1.00 bits per heavy atom. The molecule has 168 valence electrons. The van der Waals surface area contributed by atoms with Gasteiger partial charge in [0.25, 0.3) is 0 Å². The number of amides is 3. The highest BCUT2D eigenvalue weighted by atomic mass is 19.4. The first-order valence-corrected chi connectivity index (χ1v) is 10.6. The van der Waals surface area contributed by atoms with E-state index in [1.54, 1.807) is 4.90 Å². The zero-order chi connectivity index (χ0) is 22.3. The second-order valence-corrected chi connectivity index (χ2v) is 8.27. The molecule has 8 heteroatoms. The number of halogens is 3. The monoisotopic (exact) mass is 427 g/mol. The van der Waals surface area contributed by atoms with Gasteiger partial charge in [0.1, 0.15) is 0 Å². The number of imide groups is 1. The molecule has 0 aliphatic carbocycles. The smallest absolute Gasteiger partial charge is 0.368 e. The van der Waals surface area contributed by atoms with Crippen LogP contribution in [-0.4, -0.2) is 43.0 Å². The minimum atomic E-state index is -4.35. The fraction of sp³-hybridized carbons (Fsp3) is 0.636. The first kappa shape index (κ1) is 24.0. The Balaban J connectivity index is 1.86. The molecule has 1 atom stereocenters. The molecule has 0 bridgehead atoms. The van der Waals surface area contributed by atoms with Gasteiger partial charge in [-0.25, -0.2) is 4.79 Å². The number of anilines is 1. The fourth-order valence-electron chi connectivity index (χ4n) is 3.60. The van der Waals surface area contributed by atoms with E-state index in [1.165, 1.54) is 12.1 Å². The molecule has 1 N–H and O–H groups in total. The van der Waals surface area contributed by atoms with Crippen molar-refractivity contribution in [2.75, 3.05) is 31.1 Å². The van der Waals surface area contributed by atoms with Crippen LogP contribution >= 0.6 is 0 Å². The molecule has 2 rings (SSSR count). The van der Waals surface area contributed by atoms with Crippen LogP contribution < -0.4 is 10.2 Å². The summed E-state index contributed by atoms with van der Waals surface area (Å²) < 4.78 is 38.1. The minimum Gasteiger partial charge on any atom is -0.368 e. The Bertz CT molecular complexity index is 697. The third-order valence-electron chi connectivity index (χ3n) is 5.46. The number of carbonyl (C=O) groups excluding carboxylic acids is 2. The molecule has 0 spiro atoms. The van der Waals surface area contributed by atoms with Crippen LogP contribution in [0, 0.1) is 11.8 Å². The Kier molecular flexibility index (Phi) is 8.55. The first-order chi connectivity index (χ1) is 14.1. The molecule has 1 aliphatic rings. The van der Waals surface area contributed by atoms with Crippen LogP contribution in [0.25, 0.3) is 0 Å². The quantitative estimate of drug-likeness (QED) is 0.672. The molecule has 1 aliphatic heterocycles. The summed E-state index contributed by atoms with van der Waals surface area (Å²) in [5, 5.41) is 2.54. The van der Waals surface area contributed by atoms with E-state index in [1.807, 2.05) is 11.8 Å². The maximum Gasteiger partial charge on any atom is 0.416 e. The van der Waals surface area contributed by atoms with Crippen molar-refractivity contribution >= 4 is 17.6 Å². The topological polar surface area (TPSA) is 52.7 Å². The van der Waals surface area contributed by atoms with Crippen molar-refractivity contribution in [2.24, 2.45) is 11.8 Å². The lowest BCUT2D eigenvalue weighted by atomic mass is 9.93. The number of urea groups is 1. The number of hydrogen-bond acceptors (Lipinski definition) is 3. The van der Waals surface area contributed by atoms with Crippen molar-refractivity contribution < 1.29 is 22.8 Å². The molecule has 3 amide bonds. The van der Waals surface area contributed by atoms with E-state index in [9.17, 15) is 22.8 Å². The average molecular weight is 428 g/mol. The minimum absolute atomic E-state index is 0.158. The van der Waals surface area contributed by atoms with Crippen molar-refractivity contribution in [3.63, 3.8) is 0 Å². The number of carbonyl (C=O) groups is 2. The number of nitrogens with one attached hydrogen (secondary N) is 1. The highest BCUT2D eigenvalue weighted by Gasteiger charge is 2.30. The third-order valence-corrected chi connectivity index (χ3v) is 5.46. The van der Waals surface area contributed by atoms with Gasteiger partial charge in [-0.15, -0.1) is 0 Å². The molecule has 1 fully saturated rings. The Labute approximate surface area is 176 Å². The van der Waals surface area contributed by atoms with E-state index < -0.39 is 17.8 Å². The van der Waals surface area contributed by atoms with Gasteiger partial charge in [0.15, 0.2) is 0 Å². The van der Waals surface area contributed by atoms with E-state index in [4.69, 9.17) is 0 Å². The first-order valence-electron chi connectivity index (χ1n) is 10.6. The van der Waals surface area contributed by atoms with Crippen LogP contribution in [0.4, 0.5) is 23.7 Å². The number of nitrogens with zero attached hydrogens (tertiary/aromatic N) is 2. The predicted molar refractivity (Wildman–Crippen MR) is 111 cm³/mol. The Morgan fingerprint density at radius 2 is 1.60 bits per heavy atom. The second-order valence-electron chi connectivity index (χ2n) is 8.27. The lowest BCUT2D eigenvalue weighted by Gasteiger charge is -2.36. The molecule has 1 aromatic rings. The fourth-order valence-corrected chi connectivity index (χ4v) is 3.60. The molecule has 0 radical (unpaired) electrons. The molecule has 1 saturated heterocycles.